The third kappa shape index (κ3) is 4.37. The Morgan fingerprint density at radius 2 is 1.88 bits per heavy atom. The predicted octanol–water partition coefficient (Wildman–Crippen LogP) is 4.06. The van der Waals surface area contributed by atoms with Crippen molar-refractivity contribution in [3.8, 4) is 11.1 Å². The van der Waals surface area contributed by atoms with Gasteiger partial charge in [0.15, 0.2) is 0 Å². The molecule has 0 saturated heterocycles. The molecule has 6 nitrogen and oxygen atoms in total. The van der Waals surface area contributed by atoms with Gasteiger partial charge in [-0.2, -0.15) is 0 Å². The van der Waals surface area contributed by atoms with Gasteiger partial charge >= 0.3 is 0 Å². The maximum Gasteiger partial charge on any atom is 0.257 e. The van der Waals surface area contributed by atoms with E-state index in [9.17, 15) is 14.7 Å². The first kappa shape index (κ1) is 22.0. The van der Waals surface area contributed by atoms with E-state index in [0.29, 0.717) is 18.4 Å². The Bertz CT molecular complexity index is 1410. The van der Waals surface area contributed by atoms with E-state index < -0.39 is 12.0 Å². The highest BCUT2D eigenvalue weighted by Crippen LogP contribution is 2.22. The molecule has 4 aromatic rings. The lowest BCUT2D eigenvalue weighted by atomic mass is 10.0. The van der Waals surface area contributed by atoms with Crippen LogP contribution in [0.4, 0.5) is 0 Å². The third-order valence-corrected chi connectivity index (χ3v) is 6.57. The van der Waals surface area contributed by atoms with Crippen LogP contribution in [0.2, 0.25) is 0 Å². The predicted molar refractivity (Wildman–Crippen MR) is 133 cm³/mol. The molecule has 6 heteroatoms. The van der Waals surface area contributed by atoms with Crippen LogP contribution in [0, 0.1) is 6.92 Å². The van der Waals surface area contributed by atoms with Crippen molar-refractivity contribution in [3.63, 3.8) is 0 Å². The molecular formula is C28H27N3O3. The minimum absolute atomic E-state index is 0.0988. The highest BCUT2D eigenvalue weighted by Gasteiger charge is 2.28. The number of nitrogens with one attached hydrogen (secondary N) is 1. The quantitative estimate of drug-likeness (QED) is 0.477. The molecule has 0 aliphatic heterocycles. The van der Waals surface area contributed by atoms with Crippen LogP contribution >= 0.6 is 0 Å². The number of carbonyl (C=O) groups excluding carboxylic acids is 1. The summed E-state index contributed by atoms with van der Waals surface area (Å²) in [5.74, 6) is -0.432. The van der Waals surface area contributed by atoms with E-state index in [4.69, 9.17) is 0 Å². The lowest BCUT2D eigenvalue weighted by Crippen LogP contribution is -2.41. The highest BCUT2D eigenvalue weighted by molar-refractivity contribution is 5.97. The topological polar surface area (TPSA) is 84.2 Å². The fourth-order valence-electron chi connectivity index (χ4n) is 4.72. The molecule has 1 fully saturated rings. The van der Waals surface area contributed by atoms with Crippen molar-refractivity contribution >= 4 is 16.8 Å². The number of hydrogen-bond donors (Lipinski definition) is 2. The molecule has 0 spiro atoms. The Morgan fingerprint density at radius 3 is 2.62 bits per heavy atom. The number of aromatic nitrogens is 2. The molecule has 172 valence electrons. The van der Waals surface area contributed by atoms with E-state index >= 15 is 0 Å². The summed E-state index contributed by atoms with van der Waals surface area (Å²) in [4.78, 5) is 30.4. The number of aliphatic hydroxyl groups is 1. The largest absolute Gasteiger partial charge is 0.391 e. The molecule has 5 rings (SSSR count). The fraction of sp³-hybridized carbons (Fsp3) is 0.250. The van der Waals surface area contributed by atoms with Crippen molar-refractivity contribution in [1.29, 1.82) is 0 Å². The second-order valence-electron chi connectivity index (χ2n) is 8.98. The summed E-state index contributed by atoms with van der Waals surface area (Å²) in [6.07, 6.45) is 5.14. The van der Waals surface area contributed by atoms with Gasteiger partial charge in [0.2, 0.25) is 5.43 Å². The maximum absolute atomic E-state index is 13.1. The molecule has 2 atom stereocenters. The van der Waals surface area contributed by atoms with Gasteiger partial charge < -0.3 is 15.0 Å². The van der Waals surface area contributed by atoms with Crippen LogP contribution in [0.1, 0.15) is 40.9 Å². The molecule has 2 unspecified atom stereocenters. The van der Waals surface area contributed by atoms with Gasteiger partial charge in [-0.25, -0.2) is 0 Å². The van der Waals surface area contributed by atoms with E-state index in [1.54, 1.807) is 12.3 Å². The molecule has 1 aliphatic rings. The number of carbonyl (C=O) groups is 1. The van der Waals surface area contributed by atoms with Crippen LogP contribution < -0.4 is 10.7 Å². The van der Waals surface area contributed by atoms with Crippen LogP contribution in [0.25, 0.3) is 22.0 Å². The number of aliphatic hydroxyl groups excluding tert-OH is 1. The SMILES string of the molecule is Cc1cc(-c2ccc(Cn3cc(C(=O)NC4CCCC4O)c(=O)c4ccccc43)cc2)ccn1. The monoisotopic (exact) mass is 453 g/mol. The summed E-state index contributed by atoms with van der Waals surface area (Å²) in [5.41, 5.74) is 4.83. The van der Waals surface area contributed by atoms with Crippen molar-refractivity contribution in [2.75, 3.05) is 0 Å². The molecule has 34 heavy (non-hydrogen) atoms. The minimum Gasteiger partial charge on any atom is -0.391 e. The van der Waals surface area contributed by atoms with Gasteiger partial charge in [0.05, 0.1) is 17.7 Å². The Labute approximate surface area is 197 Å². The molecule has 1 amide bonds. The fourth-order valence-corrected chi connectivity index (χ4v) is 4.72. The molecule has 1 saturated carbocycles. The van der Waals surface area contributed by atoms with Crippen molar-refractivity contribution in [2.45, 2.75) is 44.9 Å². The van der Waals surface area contributed by atoms with Crippen LogP contribution in [0.3, 0.4) is 0 Å². The van der Waals surface area contributed by atoms with E-state index in [0.717, 1.165) is 40.7 Å². The van der Waals surface area contributed by atoms with Crippen LogP contribution in [0.5, 0.6) is 0 Å². The first-order valence-corrected chi connectivity index (χ1v) is 11.6. The van der Waals surface area contributed by atoms with Gasteiger partial charge in [-0.3, -0.25) is 14.6 Å². The normalized spacial score (nSPS) is 17.7. The zero-order valence-electron chi connectivity index (χ0n) is 19.1. The molecule has 2 N–H and O–H groups in total. The lowest BCUT2D eigenvalue weighted by molar-refractivity contribution is 0.0871. The number of hydrogen-bond acceptors (Lipinski definition) is 4. The minimum atomic E-state index is -0.561. The Hall–Kier alpha value is -3.77. The second kappa shape index (κ2) is 9.23. The smallest absolute Gasteiger partial charge is 0.257 e. The molecule has 2 aromatic heterocycles. The standard InChI is InChI=1S/C28H27N3O3/c1-18-15-21(13-14-29-18)20-11-9-19(10-12-20)16-31-17-23(27(33)22-5-2-3-7-25(22)31)28(34)30-24-6-4-8-26(24)32/h2-3,5,7,9-15,17,24,26,32H,4,6,8,16H2,1H3,(H,30,34). The Balaban J connectivity index is 1.47. The molecule has 0 radical (unpaired) electrons. The van der Waals surface area contributed by atoms with E-state index in [1.807, 2.05) is 42.0 Å². The number of benzene rings is 2. The molecule has 2 aromatic carbocycles. The van der Waals surface area contributed by atoms with E-state index in [1.165, 1.54) is 0 Å². The van der Waals surface area contributed by atoms with Gasteiger partial charge in [0, 0.05) is 30.0 Å². The first-order chi connectivity index (χ1) is 16.5. The van der Waals surface area contributed by atoms with Crippen molar-refractivity contribution in [1.82, 2.24) is 14.9 Å². The lowest BCUT2D eigenvalue weighted by Gasteiger charge is -2.18. The van der Waals surface area contributed by atoms with Gasteiger partial charge in [-0.05, 0) is 67.1 Å². The number of nitrogens with zero attached hydrogens (tertiary/aromatic N) is 2. The number of fused-ring (bicyclic) bond motifs is 1. The van der Waals surface area contributed by atoms with Crippen LogP contribution in [-0.2, 0) is 6.54 Å². The number of rotatable bonds is 5. The summed E-state index contributed by atoms with van der Waals surface area (Å²) in [5, 5.41) is 13.5. The van der Waals surface area contributed by atoms with Gasteiger partial charge in [-0.15, -0.1) is 0 Å². The van der Waals surface area contributed by atoms with Gasteiger partial charge in [-0.1, -0.05) is 36.4 Å². The summed E-state index contributed by atoms with van der Waals surface area (Å²) in [7, 11) is 0. The number of para-hydroxylation sites is 1. The number of amides is 1. The zero-order chi connectivity index (χ0) is 23.7. The average molecular weight is 454 g/mol. The molecular weight excluding hydrogens is 426 g/mol. The number of pyridine rings is 2. The first-order valence-electron chi connectivity index (χ1n) is 11.6. The average Bonchev–Trinajstić information content (AvgIpc) is 3.25. The van der Waals surface area contributed by atoms with Crippen LogP contribution in [-0.4, -0.2) is 32.7 Å². The van der Waals surface area contributed by atoms with Crippen LogP contribution in [0.15, 0.2) is 77.9 Å². The molecule has 2 heterocycles. The van der Waals surface area contributed by atoms with Crippen molar-refractivity contribution in [2.24, 2.45) is 0 Å². The van der Waals surface area contributed by atoms with Crippen molar-refractivity contribution in [3.05, 3.63) is 100 Å². The zero-order valence-corrected chi connectivity index (χ0v) is 19.1. The summed E-state index contributed by atoms with van der Waals surface area (Å²) >= 11 is 0. The molecule has 1 aliphatic carbocycles. The Morgan fingerprint density at radius 1 is 1.09 bits per heavy atom. The number of aryl methyl sites for hydroxylation is 1. The second-order valence-corrected chi connectivity index (χ2v) is 8.98. The van der Waals surface area contributed by atoms with E-state index in [2.05, 4.69) is 40.6 Å². The maximum atomic E-state index is 13.1. The summed E-state index contributed by atoms with van der Waals surface area (Å²) < 4.78 is 1.95. The van der Waals surface area contributed by atoms with Gasteiger partial charge in [0.25, 0.3) is 5.91 Å². The summed E-state index contributed by atoms with van der Waals surface area (Å²) in [6.45, 7) is 2.49. The summed E-state index contributed by atoms with van der Waals surface area (Å²) in [6, 6.07) is 19.4. The third-order valence-electron chi connectivity index (χ3n) is 6.57. The highest BCUT2D eigenvalue weighted by atomic mass is 16.3. The molecule has 0 bridgehead atoms. The van der Waals surface area contributed by atoms with E-state index in [-0.39, 0.29) is 17.0 Å². The Kier molecular flexibility index (Phi) is 5.99. The van der Waals surface area contributed by atoms with Crippen molar-refractivity contribution < 1.29 is 9.90 Å². The van der Waals surface area contributed by atoms with Gasteiger partial charge in [0.1, 0.15) is 5.56 Å².